The van der Waals surface area contributed by atoms with Crippen molar-refractivity contribution in [2.45, 2.75) is 38.2 Å². The zero-order valence-electron chi connectivity index (χ0n) is 17.3. The summed E-state index contributed by atoms with van der Waals surface area (Å²) < 4.78 is 6.01. The van der Waals surface area contributed by atoms with Crippen LogP contribution in [0.25, 0.3) is 0 Å². The van der Waals surface area contributed by atoms with E-state index >= 15 is 0 Å². The minimum atomic E-state index is -0.0929. The molecule has 2 aromatic rings. The lowest BCUT2D eigenvalue weighted by Gasteiger charge is -2.39. The fraction of sp³-hybridized carbons (Fsp3) is 0.435. The third kappa shape index (κ3) is 4.72. The summed E-state index contributed by atoms with van der Waals surface area (Å²) >= 11 is 0. The monoisotopic (exact) mass is 408 g/mol. The summed E-state index contributed by atoms with van der Waals surface area (Å²) in [4.78, 5) is 32.2. The first-order valence-corrected chi connectivity index (χ1v) is 10.6. The Morgan fingerprint density at radius 2 is 1.93 bits per heavy atom. The lowest BCUT2D eigenvalue weighted by atomic mass is 9.93. The van der Waals surface area contributed by atoms with Gasteiger partial charge in [-0.2, -0.15) is 0 Å². The van der Waals surface area contributed by atoms with E-state index < -0.39 is 0 Å². The molecule has 1 aromatic heterocycles. The van der Waals surface area contributed by atoms with Crippen LogP contribution in [0.4, 0.5) is 10.5 Å². The Morgan fingerprint density at radius 1 is 1.13 bits per heavy atom. The van der Waals surface area contributed by atoms with Gasteiger partial charge in [0.25, 0.3) is 0 Å². The highest BCUT2D eigenvalue weighted by molar-refractivity contribution is 5.90. The Morgan fingerprint density at radius 3 is 2.63 bits per heavy atom. The van der Waals surface area contributed by atoms with Crippen molar-refractivity contribution in [3.05, 3.63) is 54.4 Å². The van der Waals surface area contributed by atoms with Crippen molar-refractivity contribution in [3.63, 3.8) is 0 Å². The van der Waals surface area contributed by atoms with Crippen LogP contribution < -0.4 is 10.1 Å². The fourth-order valence-corrected chi connectivity index (χ4v) is 3.91. The van der Waals surface area contributed by atoms with Gasteiger partial charge >= 0.3 is 6.03 Å². The highest BCUT2D eigenvalue weighted by Crippen LogP contribution is 2.27. The standard InChI is InChI=1S/C23H28N4O3/c1-2-4-22(28)26-12-10-21(16-26)30-20-8-6-19(7-9-20)25-23(29)27-14-18(15-27)17-5-3-11-24-13-17/h3,5-9,11,13,18,21H,2,4,10,12,14-16H2,1H3,(H,25,29). The third-order valence-electron chi connectivity index (χ3n) is 5.69. The van der Waals surface area contributed by atoms with Gasteiger partial charge < -0.3 is 19.9 Å². The van der Waals surface area contributed by atoms with E-state index in [9.17, 15) is 9.59 Å². The van der Waals surface area contributed by atoms with Crippen LogP contribution in [0.2, 0.25) is 0 Å². The van der Waals surface area contributed by atoms with Gasteiger partial charge in [-0.1, -0.05) is 13.0 Å². The smallest absolute Gasteiger partial charge is 0.321 e. The Hall–Kier alpha value is -3.09. The number of carbonyl (C=O) groups is 2. The van der Waals surface area contributed by atoms with Crippen molar-refractivity contribution in [1.29, 1.82) is 0 Å². The second-order valence-electron chi connectivity index (χ2n) is 7.96. The molecule has 1 N–H and O–H groups in total. The molecule has 0 bridgehead atoms. The molecule has 0 aliphatic carbocycles. The van der Waals surface area contributed by atoms with Gasteiger partial charge in [0.15, 0.2) is 0 Å². The molecule has 0 spiro atoms. The highest BCUT2D eigenvalue weighted by Gasteiger charge is 2.32. The van der Waals surface area contributed by atoms with Gasteiger partial charge in [0, 0.05) is 56.5 Å². The minimum Gasteiger partial charge on any atom is -0.489 e. The lowest BCUT2D eigenvalue weighted by Crippen LogP contribution is -2.50. The van der Waals surface area contributed by atoms with Crippen molar-refractivity contribution in [3.8, 4) is 5.75 Å². The van der Waals surface area contributed by atoms with E-state index in [0.29, 0.717) is 32.0 Å². The number of hydrogen-bond donors (Lipinski definition) is 1. The van der Waals surface area contributed by atoms with E-state index in [0.717, 1.165) is 30.8 Å². The molecule has 0 radical (unpaired) electrons. The second kappa shape index (κ2) is 9.15. The second-order valence-corrected chi connectivity index (χ2v) is 7.96. The summed E-state index contributed by atoms with van der Waals surface area (Å²) in [6.07, 6.45) is 5.96. The number of nitrogens with one attached hydrogen (secondary N) is 1. The molecule has 158 valence electrons. The number of anilines is 1. The Labute approximate surface area is 177 Å². The van der Waals surface area contributed by atoms with Crippen molar-refractivity contribution >= 4 is 17.6 Å². The van der Waals surface area contributed by atoms with E-state index in [-0.39, 0.29) is 18.0 Å². The van der Waals surface area contributed by atoms with Crippen LogP contribution in [0.5, 0.6) is 5.75 Å². The van der Waals surface area contributed by atoms with Crippen molar-refractivity contribution in [2.75, 3.05) is 31.5 Å². The molecular formula is C23H28N4O3. The third-order valence-corrected chi connectivity index (χ3v) is 5.69. The highest BCUT2D eigenvalue weighted by atomic mass is 16.5. The SMILES string of the molecule is CCCC(=O)N1CCC(Oc2ccc(NC(=O)N3CC(c4cccnc4)C3)cc2)C1. The van der Waals surface area contributed by atoms with E-state index in [1.54, 1.807) is 11.1 Å². The molecule has 2 aliphatic heterocycles. The molecule has 1 atom stereocenters. The summed E-state index contributed by atoms with van der Waals surface area (Å²) in [7, 11) is 0. The molecule has 7 nitrogen and oxygen atoms in total. The summed E-state index contributed by atoms with van der Waals surface area (Å²) in [6.45, 7) is 4.82. The number of likely N-dealkylation sites (tertiary alicyclic amines) is 2. The van der Waals surface area contributed by atoms with E-state index in [2.05, 4.69) is 16.4 Å². The van der Waals surface area contributed by atoms with Gasteiger partial charge in [0.1, 0.15) is 11.9 Å². The first-order chi connectivity index (χ1) is 14.6. The number of benzene rings is 1. The molecular weight excluding hydrogens is 380 g/mol. The molecule has 4 rings (SSSR count). The molecule has 2 fully saturated rings. The molecule has 30 heavy (non-hydrogen) atoms. The van der Waals surface area contributed by atoms with Gasteiger partial charge in [-0.25, -0.2) is 4.79 Å². The van der Waals surface area contributed by atoms with Crippen molar-refractivity contribution < 1.29 is 14.3 Å². The molecule has 2 aliphatic rings. The first-order valence-electron chi connectivity index (χ1n) is 10.6. The maximum Gasteiger partial charge on any atom is 0.321 e. The fourth-order valence-electron chi connectivity index (χ4n) is 3.91. The average molecular weight is 409 g/mol. The van der Waals surface area contributed by atoms with E-state index in [1.807, 2.05) is 48.4 Å². The Kier molecular flexibility index (Phi) is 6.16. The maximum atomic E-state index is 12.4. The quantitative estimate of drug-likeness (QED) is 0.794. The Bertz CT molecular complexity index is 866. The van der Waals surface area contributed by atoms with E-state index in [1.165, 1.54) is 5.56 Å². The normalized spacial score (nSPS) is 18.8. The predicted molar refractivity (Wildman–Crippen MR) is 115 cm³/mol. The van der Waals surface area contributed by atoms with Gasteiger partial charge in [0.05, 0.1) is 6.54 Å². The number of amides is 3. The summed E-state index contributed by atoms with van der Waals surface area (Å²) in [5.74, 6) is 1.32. The molecule has 2 saturated heterocycles. The van der Waals surface area contributed by atoms with Gasteiger partial charge in [-0.15, -0.1) is 0 Å². The van der Waals surface area contributed by atoms with Crippen LogP contribution in [0.1, 0.15) is 37.7 Å². The number of hydrogen-bond acceptors (Lipinski definition) is 4. The lowest BCUT2D eigenvalue weighted by molar-refractivity contribution is -0.130. The minimum absolute atomic E-state index is 0.0248. The van der Waals surface area contributed by atoms with Gasteiger partial charge in [-0.05, 0) is 42.3 Å². The van der Waals surface area contributed by atoms with Gasteiger partial charge in [-0.3, -0.25) is 9.78 Å². The zero-order chi connectivity index (χ0) is 20.9. The van der Waals surface area contributed by atoms with Crippen LogP contribution in [-0.4, -0.2) is 59.0 Å². The number of aromatic nitrogens is 1. The van der Waals surface area contributed by atoms with Gasteiger partial charge in [0.2, 0.25) is 5.91 Å². The summed E-state index contributed by atoms with van der Waals surface area (Å²) in [6, 6.07) is 11.3. The molecule has 3 heterocycles. The average Bonchev–Trinajstić information content (AvgIpc) is 3.18. The van der Waals surface area contributed by atoms with Crippen LogP contribution in [0.15, 0.2) is 48.8 Å². The Balaban J connectivity index is 1.22. The van der Waals surface area contributed by atoms with Crippen molar-refractivity contribution in [1.82, 2.24) is 14.8 Å². The number of ether oxygens (including phenoxy) is 1. The molecule has 7 heteroatoms. The summed E-state index contributed by atoms with van der Waals surface area (Å²) in [5, 5.41) is 2.94. The molecule has 1 aromatic carbocycles. The van der Waals surface area contributed by atoms with Crippen LogP contribution in [0.3, 0.4) is 0 Å². The maximum absolute atomic E-state index is 12.4. The number of nitrogens with zero attached hydrogens (tertiary/aromatic N) is 3. The molecule has 0 saturated carbocycles. The number of urea groups is 1. The van der Waals surface area contributed by atoms with Crippen LogP contribution in [-0.2, 0) is 4.79 Å². The van der Waals surface area contributed by atoms with Crippen LogP contribution >= 0.6 is 0 Å². The first kappa shape index (κ1) is 20.2. The molecule has 1 unspecified atom stereocenters. The number of carbonyl (C=O) groups excluding carboxylic acids is 2. The topological polar surface area (TPSA) is 74.8 Å². The number of pyridine rings is 1. The largest absolute Gasteiger partial charge is 0.489 e. The van der Waals surface area contributed by atoms with Crippen molar-refractivity contribution in [2.24, 2.45) is 0 Å². The number of rotatable bonds is 6. The van der Waals surface area contributed by atoms with E-state index in [4.69, 9.17) is 4.74 Å². The predicted octanol–water partition coefficient (Wildman–Crippen LogP) is 3.49. The van der Waals surface area contributed by atoms with Crippen LogP contribution in [0, 0.1) is 0 Å². The summed E-state index contributed by atoms with van der Waals surface area (Å²) in [5.41, 5.74) is 1.91. The molecule has 3 amide bonds. The zero-order valence-corrected chi connectivity index (χ0v) is 17.3.